The third-order valence-electron chi connectivity index (χ3n) is 7.54. The molecular weight excluding hydrogens is 462 g/mol. The molecule has 0 fully saturated rings. The lowest BCUT2D eigenvalue weighted by Crippen LogP contribution is -2.09. The topological polar surface area (TPSA) is 11.4 Å². The molecule has 0 spiro atoms. The molecule has 0 N–H and O–H groups in total. The normalized spacial score (nSPS) is 11.3. The van der Waals surface area contributed by atoms with Crippen LogP contribution in [0.2, 0.25) is 0 Å². The number of anilines is 4. The summed E-state index contributed by atoms with van der Waals surface area (Å²) < 4.78 is 2.39. The van der Waals surface area contributed by atoms with Gasteiger partial charge in [-0.3, -0.25) is 0 Å². The van der Waals surface area contributed by atoms with Crippen LogP contribution in [0.4, 0.5) is 22.7 Å². The largest absolute Gasteiger partial charge is 0.345 e. The zero-order chi connectivity index (χ0) is 26.4. The van der Waals surface area contributed by atoms with Crippen LogP contribution in [-0.4, -0.2) is 18.7 Å². The van der Waals surface area contributed by atoms with Crippen molar-refractivity contribution in [2.45, 2.75) is 20.8 Å². The highest BCUT2D eigenvalue weighted by Crippen LogP contribution is 2.38. The molecule has 5 aromatic carbocycles. The SMILES string of the molecule is Cc1cccc(N(C)c2ccc3c(c2)c2cc(N(C)c4cccc(C)c4)ccc2n3-c2cccc(C)c2)c1. The maximum Gasteiger partial charge on any atom is 0.0542 e. The summed E-state index contributed by atoms with van der Waals surface area (Å²) in [5.74, 6) is 0. The Kier molecular flexibility index (Phi) is 5.92. The Morgan fingerprint density at radius 3 is 1.32 bits per heavy atom. The molecule has 188 valence electrons. The van der Waals surface area contributed by atoms with Gasteiger partial charge in [0, 0.05) is 53.3 Å². The Morgan fingerprint density at radius 1 is 0.447 bits per heavy atom. The summed E-state index contributed by atoms with van der Waals surface area (Å²) >= 11 is 0. The number of aromatic nitrogens is 1. The van der Waals surface area contributed by atoms with E-state index in [-0.39, 0.29) is 0 Å². The Labute approximate surface area is 225 Å². The van der Waals surface area contributed by atoms with Crippen molar-refractivity contribution in [2.24, 2.45) is 0 Å². The van der Waals surface area contributed by atoms with E-state index in [1.807, 2.05) is 0 Å². The molecule has 0 saturated carbocycles. The van der Waals surface area contributed by atoms with Gasteiger partial charge in [0.2, 0.25) is 0 Å². The van der Waals surface area contributed by atoms with Crippen molar-refractivity contribution in [1.82, 2.24) is 4.57 Å². The third kappa shape index (κ3) is 4.20. The Balaban J connectivity index is 1.57. The first-order valence-corrected chi connectivity index (χ1v) is 13.1. The molecule has 0 aliphatic carbocycles. The summed E-state index contributed by atoms with van der Waals surface area (Å²) in [6.45, 7) is 6.44. The molecule has 0 radical (unpaired) electrons. The molecular formula is C35H33N3. The summed E-state index contributed by atoms with van der Waals surface area (Å²) in [5, 5.41) is 2.50. The minimum absolute atomic E-state index is 1.17. The molecule has 0 unspecified atom stereocenters. The third-order valence-corrected chi connectivity index (χ3v) is 7.54. The average molecular weight is 496 g/mol. The molecule has 6 rings (SSSR count). The van der Waals surface area contributed by atoms with E-state index in [4.69, 9.17) is 0 Å². The highest BCUT2D eigenvalue weighted by atomic mass is 15.1. The van der Waals surface area contributed by atoms with Gasteiger partial charge in [0.25, 0.3) is 0 Å². The Bertz CT molecular complexity index is 1680. The van der Waals surface area contributed by atoms with Gasteiger partial charge in [0.15, 0.2) is 0 Å². The number of fused-ring (bicyclic) bond motifs is 3. The molecule has 1 heterocycles. The van der Waals surface area contributed by atoms with Gasteiger partial charge in [-0.2, -0.15) is 0 Å². The highest BCUT2D eigenvalue weighted by Gasteiger charge is 2.16. The fourth-order valence-corrected chi connectivity index (χ4v) is 5.43. The van der Waals surface area contributed by atoms with E-state index < -0.39 is 0 Å². The molecule has 1 aromatic heterocycles. The molecule has 0 atom stereocenters. The second kappa shape index (κ2) is 9.42. The lowest BCUT2D eigenvalue weighted by molar-refractivity contribution is 1.16. The predicted octanol–water partition coefficient (Wildman–Crippen LogP) is 9.24. The zero-order valence-electron chi connectivity index (χ0n) is 22.7. The number of hydrogen-bond acceptors (Lipinski definition) is 2. The highest BCUT2D eigenvalue weighted by molar-refractivity contribution is 6.11. The summed E-state index contributed by atoms with van der Waals surface area (Å²) in [4.78, 5) is 4.54. The van der Waals surface area contributed by atoms with E-state index in [1.165, 1.54) is 66.9 Å². The van der Waals surface area contributed by atoms with Crippen LogP contribution in [0.25, 0.3) is 27.5 Å². The van der Waals surface area contributed by atoms with Gasteiger partial charge in [0.05, 0.1) is 11.0 Å². The van der Waals surface area contributed by atoms with Crippen molar-refractivity contribution >= 4 is 44.6 Å². The van der Waals surface area contributed by atoms with Crippen LogP contribution in [-0.2, 0) is 0 Å². The van der Waals surface area contributed by atoms with Crippen molar-refractivity contribution in [3.63, 3.8) is 0 Å². The van der Waals surface area contributed by atoms with Gasteiger partial charge in [-0.05, 0) is 110 Å². The number of benzene rings is 5. The zero-order valence-corrected chi connectivity index (χ0v) is 22.7. The van der Waals surface area contributed by atoms with Gasteiger partial charge < -0.3 is 14.4 Å². The number of aryl methyl sites for hydroxylation is 3. The van der Waals surface area contributed by atoms with Crippen LogP contribution in [0.15, 0.2) is 109 Å². The first-order valence-electron chi connectivity index (χ1n) is 13.1. The molecule has 3 heteroatoms. The monoisotopic (exact) mass is 495 g/mol. The number of rotatable bonds is 5. The van der Waals surface area contributed by atoms with E-state index in [0.717, 1.165) is 0 Å². The van der Waals surface area contributed by atoms with Crippen LogP contribution < -0.4 is 9.80 Å². The maximum atomic E-state index is 2.39. The lowest BCUT2D eigenvalue weighted by atomic mass is 10.1. The molecule has 0 bridgehead atoms. The minimum Gasteiger partial charge on any atom is -0.345 e. The number of nitrogens with zero attached hydrogens (tertiary/aromatic N) is 3. The molecule has 0 aliphatic rings. The lowest BCUT2D eigenvalue weighted by Gasteiger charge is -2.21. The maximum absolute atomic E-state index is 2.39. The predicted molar refractivity (Wildman–Crippen MR) is 164 cm³/mol. The summed E-state index contributed by atoms with van der Waals surface area (Å²) in [6, 6.07) is 39.8. The van der Waals surface area contributed by atoms with Crippen LogP contribution in [0, 0.1) is 20.8 Å². The number of hydrogen-bond donors (Lipinski definition) is 0. The molecule has 0 amide bonds. The summed E-state index contributed by atoms with van der Waals surface area (Å²) in [7, 11) is 4.29. The fourth-order valence-electron chi connectivity index (χ4n) is 5.43. The van der Waals surface area contributed by atoms with Gasteiger partial charge in [-0.15, -0.1) is 0 Å². The van der Waals surface area contributed by atoms with E-state index in [9.17, 15) is 0 Å². The second-order valence-electron chi connectivity index (χ2n) is 10.4. The smallest absolute Gasteiger partial charge is 0.0542 e. The molecule has 0 saturated heterocycles. The van der Waals surface area contributed by atoms with Crippen molar-refractivity contribution < 1.29 is 0 Å². The molecule has 0 aliphatic heterocycles. The van der Waals surface area contributed by atoms with Gasteiger partial charge >= 0.3 is 0 Å². The Hall–Kier alpha value is -4.50. The fraction of sp³-hybridized carbons (Fsp3) is 0.143. The first-order chi connectivity index (χ1) is 18.4. The van der Waals surface area contributed by atoms with Gasteiger partial charge in [-0.1, -0.05) is 36.4 Å². The Morgan fingerprint density at radius 2 is 0.868 bits per heavy atom. The van der Waals surface area contributed by atoms with Crippen LogP contribution in [0.3, 0.4) is 0 Å². The van der Waals surface area contributed by atoms with Crippen molar-refractivity contribution in [3.8, 4) is 5.69 Å². The van der Waals surface area contributed by atoms with Gasteiger partial charge in [-0.25, -0.2) is 0 Å². The van der Waals surface area contributed by atoms with Crippen LogP contribution >= 0.6 is 0 Å². The summed E-state index contributed by atoms with van der Waals surface area (Å²) in [6.07, 6.45) is 0. The summed E-state index contributed by atoms with van der Waals surface area (Å²) in [5.41, 5.74) is 12.1. The first kappa shape index (κ1) is 23.9. The second-order valence-corrected chi connectivity index (χ2v) is 10.4. The van der Waals surface area contributed by atoms with Crippen LogP contribution in [0.1, 0.15) is 16.7 Å². The molecule has 3 nitrogen and oxygen atoms in total. The van der Waals surface area contributed by atoms with Crippen molar-refractivity contribution in [1.29, 1.82) is 0 Å². The quantitative estimate of drug-likeness (QED) is 0.236. The van der Waals surface area contributed by atoms with Crippen molar-refractivity contribution in [3.05, 3.63) is 126 Å². The molecule has 6 aromatic rings. The van der Waals surface area contributed by atoms with Crippen molar-refractivity contribution in [2.75, 3.05) is 23.9 Å². The minimum atomic E-state index is 1.17. The van der Waals surface area contributed by atoms with E-state index in [0.29, 0.717) is 0 Å². The van der Waals surface area contributed by atoms with Gasteiger partial charge in [0.1, 0.15) is 0 Å². The van der Waals surface area contributed by atoms with E-state index >= 15 is 0 Å². The average Bonchev–Trinajstić information content (AvgIpc) is 3.25. The standard InChI is InChI=1S/C35H33N3/c1-24-9-6-12-27(19-24)36(4)29-15-17-34-32(22-29)33-23-30(37(5)28-13-7-10-25(2)20-28)16-18-35(33)38(34)31-14-8-11-26(3)21-31/h6-23H,1-5H3. The molecule has 38 heavy (non-hydrogen) atoms. The van der Waals surface area contributed by atoms with Crippen LogP contribution in [0.5, 0.6) is 0 Å². The van der Waals surface area contributed by atoms with E-state index in [2.05, 4.69) is 158 Å². The van der Waals surface area contributed by atoms with E-state index in [1.54, 1.807) is 0 Å².